The van der Waals surface area contributed by atoms with E-state index in [0.717, 1.165) is 22.9 Å². The molecular formula is C20H24ClFN2O4S. The number of hydrogen-bond acceptors (Lipinski definition) is 4. The van der Waals surface area contributed by atoms with Gasteiger partial charge in [-0.2, -0.15) is 0 Å². The third kappa shape index (κ3) is 6.69. The number of halogens is 2. The van der Waals surface area contributed by atoms with Crippen LogP contribution < -0.4 is 10.1 Å². The van der Waals surface area contributed by atoms with Crippen LogP contribution in [-0.4, -0.2) is 38.8 Å². The minimum absolute atomic E-state index is 0.00231. The van der Waals surface area contributed by atoms with Gasteiger partial charge in [0, 0.05) is 25.0 Å². The average molecular weight is 443 g/mol. The van der Waals surface area contributed by atoms with Crippen molar-refractivity contribution in [1.82, 2.24) is 4.31 Å². The average Bonchev–Trinajstić information content (AvgIpc) is 2.67. The molecule has 9 heteroatoms. The van der Waals surface area contributed by atoms with Crippen LogP contribution in [0.4, 0.5) is 10.1 Å². The first kappa shape index (κ1) is 23.1. The Morgan fingerprint density at radius 1 is 1.21 bits per heavy atom. The summed E-state index contributed by atoms with van der Waals surface area (Å²) in [6.45, 7) is 2.63. The van der Waals surface area contributed by atoms with Crippen LogP contribution in [0.15, 0.2) is 47.4 Å². The number of carbonyl (C=O) groups is 1. The molecule has 0 atom stereocenters. The molecule has 2 aromatic carbocycles. The molecule has 1 amide bonds. The summed E-state index contributed by atoms with van der Waals surface area (Å²) in [5.74, 6) is -0.256. The van der Waals surface area contributed by atoms with Crippen molar-refractivity contribution in [1.29, 1.82) is 0 Å². The van der Waals surface area contributed by atoms with Crippen molar-refractivity contribution in [3.05, 3.63) is 53.3 Å². The van der Waals surface area contributed by atoms with E-state index in [4.69, 9.17) is 16.3 Å². The van der Waals surface area contributed by atoms with Crippen LogP contribution in [0.25, 0.3) is 0 Å². The molecule has 2 aromatic rings. The van der Waals surface area contributed by atoms with E-state index in [1.807, 2.05) is 6.92 Å². The zero-order valence-corrected chi connectivity index (χ0v) is 17.9. The van der Waals surface area contributed by atoms with Crippen molar-refractivity contribution in [2.45, 2.75) is 31.1 Å². The Hall–Kier alpha value is -2.16. The maximum Gasteiger partial charge on any atom is 0.242 e. The molecule has 29 heavy (non-hydrogen) atoms. The summed E-state index contributed by atoms with van der Waals surface area (Å²) in [6.07, 6.45) is 1.25. The van der Waals surface area contributed by atoms with E-state index in [0.29, 0.717) is 29.5 Å². The lowest BCUT2D eigenvalue weighted by Crippen LogP contribution is -2.28. The molecule has 0 aromatic heterocycles. The number of benzene rings is 2. The molecule has 0 saturated carbocycles. The van der Waals surface area contributed by atoms with E-state index in [-0.39, 0.29) is 23.8 Å². The highest BCUT2D eigenvalue weighted by Crippen LogP contribution is 2.28. The van der Waals surface area contributed by atoms with Crippen LogP contribution in [0, 0.1) is 5.82 Å². The number of amides is 1. The monoisotopic (exact) mass is 442 g/mol. The first-order valence-corrected chi connectivity index (χ1v) is 11.0. The Bertz CT molecular complexity index is 936. The maximum atomic E-state index is 13.0. The predicted octanol–water partition coefficient (Wildman–Crippen LogP) is 4.31. The van der Waals surface area contributed by atoms with Crippen LogP contribution in [-0.2, 0) is 14.8 Å². The van der Waals surface area contributed by atoms with Gasteiger partial charge in [-0.25, -0.2) is 17.1 Å². The van der Waals surface area contributed by atoms with E-state index in [2.05, 4.69) is 5.32 Å². The molecule has 0 fully saturated rings. The molecule has 1 N–H and O–H groups in total. The molecule has 0 unspecified atom stereocenters. The van der Waals surface area contributed by atoms with Crippen LogP contribution in [0.5, 0.6) is 5.75 Å². The zero-order valence-electron chi connectivity index (χ0n) is 16.3. The summed E-state index contributed by atoms with van der Waals surface area (Å²) in [7, 11) is -2.32. The van der Waals surface area contributed by atoms with Gasteiger partial charge in [0.2, 0.25) is 15.9 Å². The molecule has 0 spiro atoms. The summed E-state index contributed by atoms with van der Waals surface area (Å²) in [5.41, 5.74) is 0.475. The van der Waals surface area contributed by atoms with Crippen LogP contribution >= 0.6 is 11.6 Å². The molecule has 0 saturated heterocycles. The van der Waals surface area contributed by atoms with E-state index in [9.17, 15) is 17.6 Å². The number of carbonyl (C=O) groups excluding carboxylic acids is 1. The Kier molecular flexibility index (Phi) is 8.43. The van der Waals surface area contributed by atoms with Crippen molar-refractivity contribution < 1.29 is 22.3 Å². The molecule has 0 aliphatic rings. The van der Waals surface area contributed by atoms with Crippen LogP contribution in [0.1, 0.15) is 26.2 Å². The molecule has 6 nitrogen and oxygen atoms in total. The van der Waals surface area contributed by atoms with Gasteiger partial charge in [0.25, 0.3) is 0 Å². The Labute approximate surface area is 175 Å². The number of rotatable bonds is 10. The third-order valence-electron chi connectivity index (χ3n) is 4.08. The Balaban J connectivity index is 1.91. The topological polar surface area (TPSA) is 75.7 Å². The second-order valence-electron chi connectivity index (χ2n) is 6.42. The van der Waals surface area contributed by atoms with Gasteiger partial charge in [0.15, 0.2) is 0 Å². The van der Waals surface area contributed by atoms with Gasteiger partial charge in [-0.05, 0) is 55.3 Å². The normalized spacial score (nSPS) is 11.5. The Morgan fingerprint density at radius 2 is 1.90 bits per heavy atom. The number of sulfonamides is 1. The number of ether oxygens (including phenoxy) is 1. The highest BCUT2D eigenvalue weighted by molar-refractivity contribution is 7.89. The van der Waals surface area contributed by atoms with Gasteiger partial charge < -0.3 is 10.1 Å². The van der Waals surface area contributed by atoms with E-state index < -0.39 is 15.8 Å². The molecule has 0 radical (unpaired) electrons. The SMILES string of the molecule is CCCOc1ccc(Cl)cc1NC(=O)CCCN(C)S(=O)(=O)c1ccc(F)cc1. The smallest absolute Gasteiger partial charge is 0.242 e. The standard InChI is InChI=1S/C20H24ClFN2O4S/c1-3-13-28-19-11-6-15(21)14-18(19)23-20(25)5-4-12-24(2)29(26,27)17-9-7-16(22)8-10-17/h6-11,14H,3-5,12-13H2,1-2H3,(H,23,25). The number of hydrogen-bond donors (Lipinski definition) is 1. The highest BCUT2D eigenvalue weighted by atomic mass is 35.5. The second-order valence-corrected chi connectivity index (χ2v) is 8.90. The Morgan fingerprint density at radius 3 is 2.55 bits per heavy atom. The largest absolute Gasteiger partial charge is 0.491 e. The van der Waals surface area contributed by atoms with E-state index >= 15 is 0 Å². The molecule has 0 heterocycles. The van der Waals surface area contributed by atoms with Gasteiger partial charge in [-0.15, -0.1) is 0 Å². The zero-order chi connectivity index (χ0) is 21.4. The van der Waals surface area contributed by atoms with Crippen LogP contribution in [0.3, 0.4) is 0 Å². The van der Waals surface area contributed by atoms with Gasteiger partial charge in [-0.1, -0.05) is 18.5 Å². The van der Waals surface area contributed by atoms with Gasteiger partial charge >= 0.3 is 0 Å². The lowest BCUT2D eigenvalue weighted by Gasteiger charge is -2.17. The molecule has 2 rings (SSSR count). The van der Waals surface area contributed by atoms with Crippen molar-refractivity contribution in [2.24, 2.45) is 0 Å². The summed E-state index contributed by atoms with van der Waals surface area (Å²) in [4.78, 5) is 12.3. The summed E-state index contributed by atoms with van der Waals surface area (Å²) < 4.78 is 44.7. The van der Waals surface area contributed by atoms with Crippen molar-refractivity contribution >= 4 is 33.2 Å². The maximum absolute atomic E-state index is 13.0. The fourth-order valence-electron chi connectivity index (χ4n) is 2.52. The van der Waals surface area contributed by atoms with Gasteiger partial charge in [-0.3, -0.25) is 4.79 Å². The molecular weight excluding hydrogens is 419 g/mol. The number of anilines is 1. The van der Waals surface area contributed by atoms with Crippen molar-refractivity contribution in [2.75, 3.05) is 25.5 Å². The van der Waals surface area contributed by atoms with E-state index in [1.54, 1.807) is 18.2 Å². The summed E-state index contributed by atoms with van der Waals surface area (Å²) >= 11 is 5.99. The highest BCUT2D eigenvalue weighted by Gasteiger charge is 2.20. The summed E-state index contributed by atoms with van der Waals surface area (Å²) in [5, 5.41) is 3.22. The molecule has 0 bridgehead atoms. The summed E-state index contributed by atoms with van der Waals surface area (Å²) in [6, 6.07) is 9.59. The third-order valence-corrected chi connectivity index (χ3v) is 6.18. The first-order chi connectivity index (χ1) is 13.7. The predicted molar refractivity (Wildman–Crippen MR) is 111 cm³/mol. The van der Waals surface area contributed by atoms with Crippen molar-refractivity contribution in [3.63, 3.8) is 0 Å². The van der Waals surface area contributed by atoms with Crippen LogP contribution in [0.2, 0.25) is 5.02 Å². The van der Waals surface area contributed by atoms with Gasteiger partial charge in [0.05, 0.1) is 17.2 Å². The molecule has 0 aliphatic heterocycles. The first-order valence-electron chi connectivity index (χ1n) is 9.18. The quantitative estimate of drug-likeness (QED) is 0.595. The minimum atomic E-state index is -3.74. The van der Waals surface area contributed by atoms with Crippen molar-refractivity contribution in [3.8, 4) is 5.75 Å². The lowest BCUT2D eigenvalue weighted by atomic mass is 10.2. The minimum Gasteiger partial charge on any atom is -0.491 e. The van der Waals surface area contributed by atoms with Gasteiger partial charge in [0.1, 0.15) is 11.6 Å². The number of nitrogens with one attached hydrogen (secondary N) is 1. The second kappa shape index (κ2) is 10.6. The lowest BCUT2D eigenvalue weighted by molar-refractivity contribution is -0.116. The van der Waals surface area contributed by atoms with E-state index in [1.165, 1.54) is 19.2 Å². The molecule has 158 valence electrons. The number of nitrogens with zero attached hydrogens (tertiary/aromatic N) is 1. The fourth-order valence-corrected chi connectivity index (χ4v) is 3.90. The fraction of sp³-hybridized carbons (Fsp3) is 0.350. The molecule has 0 aliphatic carbocycles.